The molecular formula is C19H21ClN2O5. The van der Waals surface area contributed by atoms with E-state index in [2.05, 4.69) is 10.6 Å². The summed E-state index contributed by atoms with van der Waals surface area (Å²) in [6.07, 6.45) is 0. The molecule has 2 N–H and O–H groups in total. The average Bonchev–Trinajstić information content (AvgIpc) is 2.69. The molecule has 0 aliphatic rings. The third-order valence-electron chi connectivity index (χ3n) is 3.57. The highest BCUT2D eigenvalue weighted by Gasteiger charge is 2.12. The third kappa shape index (κ3) is 6.07. The van der Waals surface area contributed by atoms with Gasteiger partial charge < -0.3 is 24.8 Å². The Kier molecular flexibility index (Phi) is 7.76. The van der Waals surface area contributed by atoms with Crippen LogP contribution in [0.2, 0.25) is 5.02 Å². The molecule has 0 saturated carbocycles. The SMILES string of the molecule is COc1ccccc1OCC(=O)NCCNC(=O)c1cc(Cl)ccc1OC. The van der Waals surface area contributed by atoms with Gasteiger partial charge in [-0.15, -0.1) is 0 Å². The number of nitrogens with one attached hydrogen (secondary N) is 2. The first-order valence-electron chi connectivity index (χ1n) is 8.19. The zero-order valence-electron chi connectivity index (χ0n) is 15.1. The maximum absolute atomic E-state index is 12.2. The maximum atomic E-state index is 12.2. The molecule has 0 fully saturated rings. The largest absolute Gasteiger partial charge is 0.496 e. The second kappa shape index (κ2) is 10.3. The highest BCUT2D eigenvalue weighted by Crippen LogP contribution is 2.25. The lowest BCUT2D eigenvalue weighted by Gasteiger charge is -2.11. The fraction of sp³-hybridized carbons (Fsp3) is 0.263. The van der Waals surface area contributed by atoms with Crippen LogP contribution >= 0.6 is 11.6 Å². The van der Waals surface area contributed by atoms with E-state index in [0.29, 0.717) is 27.8 Å². The van der Waals surface area contributed by atoms with E-state index >= 15 is 0 Å². The minimum atomic E-state index is -0.339. The van der Waals surface area contributed by atoms with Crippen molar-refractivity contribution in [2.75, 3.05) is 33.9 Å². The van der Waals surface area contributed by atoms with Gasteiger partial charge in [-0.3, -0.25) is 9.59 Å². The number of hydrogen-bond donors (Lipinski definition) is 2. The van der Waals surface area contributed by atoms with Crippen LogP contribution in [0.4, 0.5) is 0 Å². The Hall–Kier alpha value is -2.93. The molecule has 0 radical (unpaired) electrons. The third-order valence-corrected chi connectivity index (χ3v) is 3.80. The number of halogens is 1. The van der Waals surface area contributed by atoms with Gasteiger partial charge in [0.1, 0.15) is 5.75 Å². The first kappa shape index (κ1) is 20.4. The van der Waals surface area contributed by atoms with Crippen LogP contribution in [0.25, 0.3) is 0 Å². The summed E-state index contributed by atoms with van der Waals surface area (Å²) in [6.45, 7) is 0.341. The Balaban J connectivity index is 1.74. The maximum Gasteiger partial charge on any atom is 0.258 e. The summed E-state index contributed by atoms with van der Waals surface area (Å²) in [5.74, 6) is 0.806. The van der Waals surface area contributed by atoms with Crippen LogP contribution in [0, 0.1) is 0 Å². The molecule has 0 unspecified atom stereocenters. The normalized spacial score (nSPS) is 10.0. The van der Waals surface area contributed by atoms with Crippen molar-refractivity contribution in [2.45, 2.75) is 0 Å². The lowest BCUT2D eigenvalue weighted by atomic mass is 10.2. The molecule has 0 aromatic heterocycles. The fourth-order valence-electron chi connectivity index (χ4n) is 2.26. The van der Waals surface area contributed by atoms with E-state index in [4.69, 9.17) is 25.8 Å². The highest BCUT2D eigenvalue weighted by atomic mass is 35.5. The number of rotatable bonds is 9. The molecule has 0 atom stereocenters. The molecule has 0 aliphatic heterocycles. The van der Waals surface area contributed by atoms with Crippen LogP contribution in [-0.4, -0.2) is 45.7 Å². The van der Waals surface area contributed by atoms with Crippen molar-refractivity contribution in [3.8, 4) is 17.2 Å². The molecule has 0 aliphatic carbocycles. The van der Waals surface area contributed by atoms with E-state index in [1.54, 1.807) is 30.3 Å². The van der Waals surface area contributed by atoms with Gasteiger partial charge in [0.05, 0.1) is 19.8 Å². The van der Waals surface area contributed by atoms with Crippen molar-refractivity contribution in [1.29, 1.82) is 0 Å². The minimum absolute atomic E-state index is 0.156. The summed E-state index contributed by atoms with van der Waals surface area (Å²) in [6, 6.07) is 11.8. The first-order valence-corrected chi connectivity index (χ1v) is 8.57. The first-order chi connectivity index (χ1) is 13.0. The predicted octanol–water partition coefficient (Wildman–Crippen LogP) is 2.28. The molecule has 2 aromatic rings. The van der Waals surface area contributed by atoms with Crippen molar-refractivity contribution in [3.05, 3.63) is 53.1 Å². The summed E-state index contributed by atoms with van der Waals surface area (Å²) >= 11 is 5.91. The van der Waals surface area contributed by atoms with Gasteiger partial charge >= 0.3 is 0 Å². The standard InChI is InChI=1S/C19H21ClN2O5/c1-25-15-8-7-13(20)11-14(15)19(24)22-10-9-21-18(23)12-27-17-6-4-3-5-16(17)26-2/h3-8,11H,9-10,12H2,1-2H3,(H,21,23)(H,22,24). The molecular weight excluding hydrogens is 372 g/mol. The monoisotopic (exact) mass is 392 g/mol. The molecule has 2 amide bonds. The number of methoxy groups -OCH3 is 2. The van der Waals surface area contributed by atoms with E-state index in [1.807, 2.05) is 6.07 Å². The van der Waals surface area contributed by atoms with E-state index in [0.717, 1.165) is 0 Å². The lowest BCUT2D eigenvalue weighted by molar-refractivity contribution is -0.123. The summed E-state index contributed by atoms with van der Waals surface area (Å²) in [4.78, 5) is 24.1. The van der Waals surface area contributed by atoms with Gasteiger partial charge in [0.15, 0.2) is 18.1 Å². The van der Waals surface area contributed by atoms with Crippen LogP contribution in [0.5, 0.6) is 17.2 Å². The van der Waals surface area contributed by atoms with Crippen LogP contribution in [0.1, 0.15) is 10.4 Å². The van der Waals surface area contributed by atoms with Crippen LogP contribution < -0.4 is 24.8 Å². The number of carbonyl (C=O) groups excluding carboxylic acids is 2. The fourth-order valence-corrected chi connectivity index (χ4v) is 2.44. The molecule has 144 valence electrons. The second-order valence-corrected chi connectivity index (χ2v) is 5.83. The van der Waals surface area contributed by atoms with E-state index in [9.17, 15) is 9.59 Å². The Bertz CT molecular complexity index is 797. The zero-order valence-corrected chi connectivity index (χ0v) is 15.8. The van der Waals surface area contributed by atoms with E-state index in [1.165, 1.54) is 20.3 Å². The molecule has 2 rings (SSSR count). The number of amides is 2. The summed E-state index contributed by atoms with van der Waals surface area (Å²) in [7, 11) is 3.00. The lowest BCUT2D eigenvalue weighted by Crippen LogP contribution is -2.36. The quantitative estimate of drug-likeness (QED) is 0.639. The summed E-state index contributed by atoms with van der Waals surface area (Å²) in [5, 5.41) is 5.79. The molecule has 0 saturated heterocycles. The molecule has 0 heterocycles. The van der Waals surface area contributed by atoms with Crippen molar-refractivity contribution in [1.82, 2.24) is 10.6 Å². The number of para-hydroxylation sites is 2. The van der Waals surface area contributed by atoms with Crippen LogP contribution in [0.3, 0.4) is 0 Å². The van der Waals surface area contributed by atoms with Crippen LogP contribution in [-0.2, 0) is 4.79 Å². The Morgan fingerprint density at radius 3 is 2.30 bits per heavy atom. The van der Waals surface area contributed by atoms with Crippen LogP contribution in [0.15, 0.2) is 42.5 Å². The topological polar surface area (TPSA) is 85.9 Å². The summed E-state index contributed by atoms with van der Waals surface area (Å²) < 4.78 is 15.7. The second-order valence-electron chi connectivity index (χ2n) is 5.39. The van der Waals surface area contributed by atoms with Crippen molar-refractivity contribution in [2.24, 2.45) is 0 Å². The zero-order chi connectivity index (χ0) is 19.6. The molecule has 0 bridgehead atoms. The number of carbonyl (C=O) groups is 2. The van der Waals surface area contributed by atoms with Crippen molar-refractivity contribution >= 4 is 23.4 Å². The Labute approximate surface area is 162 Å². The van der Waals surface area contributed by atoms with Gasteiger partial charge in [-0.1, -0.05) is 23.7 Å². The predicted molar refractivity (Wildman–Crippen MR) is 102 cm³/mol. The van der Waals surface area contributed by atoms with Gasteiger partial charge in [0.25, 0.3) is 11.8 Å². The summed E-state index contributed by atoms with van der Waals surface area (Å²) in [5.41, 5.74) is 0.329. The highest BCUT2D eigenvalue weighted by molar-refractivity contribution is 6.31. The number of hydrogen-bond acceptors (Lipinski definition) is 5. The Morgan fingerprint density at radius 2 is 1.59 bits per heavy atom. The number of ether oxygens (including phenoxy) is 3. The molecule has 7 nitrogen and oxygen atoms in total. The number of benzene rings is 2. The molecule has 27 heavy (non-hydrogen) atoms. The molecule has 8 heteroatoms. The molecule has 2 aromatic carbocycles. The van der Waals surface area contributed by atoms with Gasteiger partial charge in [-0.2, -0.15) is 0 Å². The average molecular weight is 393 g/mol. The Morgan fingerprint density at radius 1 is 0.926 bits per heavy atom. The molecule has 0 spiro atoms. The van der Waals surface area contributed by atoms with Gasteiger partial charge in [0.2, 0.25) is 0 Å². The van der Waals surface area contributed by atoms with Gasteiger partial charge in [-0.25, -0.2) is 0 Å². The van der Waals surface area contributed by atoms with E-state index < -0.39 is 0 Å². The minimum Gasteiger partial charge on any atom is -0.496 e. The van der Waals surface area contributed by atoms with Gasteiger partial charge in [-0.05, 0) is 30.3 Å². The van der Waals surface area contributed by atoms with Crippen molar-refractivity contribution in [3.63, 3.8) is 0 Å². The van der Waals surface area contributed by atoms with E-state index in [-0.39, 0.29) is 31.5 Å². The van der Waals surface area contributed by atoms with Gasteiger partial charge in [0, 0.05) is 18.1 Å². The van der Waals surface area contributed by atoms with Crippen molar-refractivity contribution < 1.29 is 23.8 Å². The smallest absolute Gasteiger partial charge is 0.258 e.